The molecular weight excluding hydrogens is 839 g/mol. The van der Waals surface area contributed by atoms with Crippen molar-refractivity contribution in [2.45, 2.75) is 302 Å². The third kappa shape index (κ3) is 49.7. The number of carbonyl (C=O) groups is 2. The highest BCUT2D eigenvalue weighted by atomic mass is 16.5. The Hall–Kier alpha value is -2.70. The standard InChI is InChI=1S/C62H111NO5/c1-4-7-10-13-16-19-22-25-27-29-30-32-34-37-40-43-46-49-52-55-62(67)68-58(53-50-47-44-41-38-35-24-21-18-15-12-9-6-3)56-61(66)63-59(57-64)60(65)54-51-48-45-42-39-36-33-31-28-26-23-20-17-14-11-8-5-2/h9,12,15-16,18-19,21,24-25,27,30,32,58-60,64-65H,4-8,10-11,13-14,17,20,22-23,26,28-29,31,33-57H2,1-3H3,(H,63,66)/b12-9+,18-15+,19-16-,24-21+,27-25-,32-30-. The molecule has 0 aliphatic carbocycles. The predicted octanol–water partition coefficient (Wildman–Crippen LogP) is 18.1. The van der Waals surface area contributed by atoms with E-state index in [1.54, 1.807) is 0 Å². The minimum Gasteiger partial charge on any atom is -0.462 e. The summed E-state index contributed by atoms with van der Waals surface area (Å²) < 4.78 is 5.95. The van der Waals surface area contributed by atoms with Crippen molar-refractivity contribution < 1.29 is 24.5 Å². The van der Waals surface area contributed by atoms with Crippen LogP contribution in [0.2, 0.25) is 0 Å². The molecule has 0 radical (unpaired) electrons. The number of allylic oxidation sites excluding steroid dienone is 12. The first-order valence-corrected chi connectivity index (χ1v) is 29.2. The first kappa shape index (κ1) is 65.3. The van der Waals surface area contributed by atoms with E-state index in [4.69, 9.17) is 4.74 Å². The molecule has 0 rings (SSSR count). The number of aliphatic hydroxyl groups is 2. The van der Waals surface area contributed by atoms with Crippen molar-refractivity contribution in [3.8, 4) is 0 Å². The molecule has 3 atom stereocenters. The van der Waals surface area contributed by atoms with Gasteiger partial charge in [0.25, 0.3) is 0 Å². The van der Waals surface area contributed by atoms with Gasteiger partial charge in [0.2, 0.25) is 5.91 Å². The van der Waals surface area contributed by atoms with Gasteiger partial charge in [-0.3, -0.25) is 9.59 Å². The van der Waals surface area contributed by atoms with Crippen molar-refractivity contribution in [2.24, 2.45) is 0 Å². The molecule has 6 nitrogen and oxygen atoms in total. The average Bonchev–Trinajstić information content (AvgIpc) is 3.33. The number of ether oxygens (including phenoxy) is 1. The number of hydrogen-bond donors (Lipinski definition) is 3. The van der Waals surface area contributed by atoms with Crippen LogP contribution in [0.3, 0.4) is 0 Å². The van der Waals surface area contributed by atoms with Crippen molar-refractivity contribution in [3.63, 3.8) is 0 Å². The van der Waals surface area contributed by atoms with Crippen LogP contribution >= 0.6 is 0 Å². The summed E-state index contributed by atoms with van der Waals surface area (Å²) in [7, 11) is 0. The normalized spacial score (nSPS) is 13.7. The van der Waals surface area contributed by atoms with Crippen LogP contribution in [0, 0.1) is 0 Å². The lowest BCUT2D eigenvalue weighted by atomic mass is 10.0. The molecule has 0 bridgehead atoms. The molecule has 0 aromatic heterocycles. The molecule has 0 spiro atoms. The van der Waals surface area contributed by atoms with Gasteiger partial charge in [-0.15, -0.1) is 0 Å². The maximum atomic E-state index is 13.3. The summed E-state index contributed by atoms with van der Waals surface area (Å²) in [5.41, 5.74) is 0. The molecule has 0 aliphatic heterocycles. The molecule has 68 heavy (non-hydrogen) atoms. The second-order valence-corrected chi connectivity index (χ2v) is 19.7. The summed E-state index contributed by atoms with van der Waals surface area (Å²) in [5.74, 6) is -0.505. The van der Waals surface area contributed by atoms with E-state index in [1.165, 1.54) is 135 Å². The summed E-state index contributed by atoms with van der Waals surface area (Å²) in [6.07, 6.45) is 71.1. The summed E-state index contributed by atoms with van der Waals surface area (Å²) in [4.78, 5) is 26.3. The van der Waals surface area contributed by atoms with Crippen LogP contribution in [0.1, 0.15) is 284 Å². The lowest BCUT2D eigenvalue weighted by Gasteiger charge is -2.24. The highest BCUT2D eigenvalue weighted by molar-refractivity contribution is 5.77. The Labute approximate surface area is 421 Å². The van der Waals surface area contributed by atoms with Gasteiger partial charge in [0.1, 0.15) is 6.10 Å². The second-order valence-electron chi connectivity index (χ2n) is 19.7. The zero-order valence-electron chi connectivity index (χ0n) is 45.0. The largest absolute Gasteiger partial charge is 0.462 e. The van der Waals surface area contributed by atoms with E-state index in [0.29, 0.717) is 19.3 Å². The molecule has 0 heterocycles. The number of esters is 1. The second kappa shape index (κ2) is 55.2. The molecule has 0 saturated heterocycles. The quantitative estimate of drug-likeness (QED) is 0.0244. The zero-order chi connectivity index (χ0) is 49.5. The Morgan fingerprint density at radius 3 is 1.35 bits per heavy atom. The predicted molar refractivity (Wildman–Crippen MR) is 296 cm³/mol. The van der Waals surface area contributed by atoms with Gasteiger partial charge in [-0.25, -0.2) is 0 Å². The summed E-state index contributed by atoms with van der Waals surface area (Å²) in [6.45, 7) is 6.34. The number of unbranched alkanes of at least 4 members (excludes halogenated alkanes) is 30. The van der Waals surface area contributed by atoms with Gasteiger partial charge in [-0.2, -0.15) is 0 Å². The van der Waals surface area contributed by atoms with Gasteiger partial charge in [-0.05, 0) is 83.5 Å². The molecule has 3 N–H and O–H groups in total. The van der Waals surface area contributed by atoms with Crippen molar-refractivity contribution >= 4 is 11.9 Å². The summed E-state index contributed by atoms with van der Waals surface area (Å²) in [5, 5.41) is 23.9. The van der Waals surface area contributed by atoms with E-state index in [-0.39, 0.29) is 24.9 Å². The number of amides is 1. The van der Waals surface area contributed by atoms with Crippen LogP contribution in [0.15, 0.2) is 72.9 Å². The molecule has 6 heteroatoms. The minimum absolute atomic E-state index is 0.0567. The lowest BCUT2D eigenvalue weighted by Crippen LogP contribution is -2.46. The van der Waals surface area contributed by atoms with Gasteiger partial charge < -0.3 is 20.3 Å². The zero-order valence-corrected chi connectivity index (χ0v) is 45.0. The Balaban J connectivity index is 4.54. The van der Waals surface area contributed by atoms with Crippen molar-refractivity contribution in [2.75, 3.05) is 6.61 Å². The first-order valence-electron chi connectivity index (χ1n) is 29.2. The van der Waals surface area contributed by atoms with Gasteiger partial charge in [0.15, 0.2) is 0 Å². The van der Waals surface area contributed by atoms with Crippen molar-refractivity contribution in [1.29, 1.82) is 0 Å². The molecule has 0 aromatic rings. The fourth-order valence-electron chi connectivity index (χ4n) is 8.67. The van der Waals surface area contributed by atoms with Crippen LogP contribution in [0.4, 0.5) is 0 Å². The molecule has 1 amide bonds. The Morgan fingerprint density at radius 2 is 0.853 bits per heavy atom. The van der Waals surface area contributed by atoms with Crippen LogP contribution in [0.25, 0.3) is 0 Å². The van der Waals surface area contributed by atoms with E-state index in [1.807, 2.05) is 0 Å². The molecule has 3 unspecified atom stereocenters. The number of aliphatic hydroxyl groups excluding tert-OH is 2. The third-order valence-electron chi connectivity index (χ3n) is 13.1. The van der Waals surface area contributed by atoms with Crippen LogP contribution in [0.5, 0.6) is 0 Å². The number of rotatable bonds is 52. The van der Waals surface area contributed by atoms with Gasteiger partial charge in [-0.1, -0.05) is 261 Å². The third-order valence-corrected chi connectivity index (χ3v) is 13.1. The van der Waals surface area contributed by atoms with Gasteiger partial charge in [0, 0.05) is 6.42 Å². The number of hydrogen-bond acceptors (Lipinski definition) is 5. The highest BCUT2D eigenvalue weighted by Gasteiger charge is 2.24. The first-order chi connectivity index (χ1) is 33.5. The topological polar surface area (TPSA) is 95.9 Å². The molecular formula is C62H111NO5. The maximum absolute atomic E-state index is 13.3. The van der Waals surface area contributed by atoms with Crippen LogP contribution in [-0.4, -0.2) is 46.9 Å². The van der Waals surface area contributed by atoms with Gasteiger partial charge >= 0.3 is 5.97 Å². The van der Waals surface area contributed by atoms with Gasteiger partial charge in [0.05, 0.1) is 25.2 Å². The monoisotopic (exact) mass is 950 g/mol. The van der Waals surface area contributed by atoms with Crippen LogP contribution in [-0.2, 0) is 14.3 Å². The van der Waals surface area contributed by atoms with Crippen LogP contribution < -0.4 is 5.32 Å². The Kier molecular flexibility index (Phi) is 53.0. The highest BCUT2D eigenvalue weighted by Crippen LogP contribution is 2.18. The molecule has 394 valence electrons. The van der Waals surface area contributed by atoms with Crippen molar-refractivity contribution in [1.82, 2.24) is 5.32 Å². The van der Waals surface area contributed by atoms with E-state index in [2.05, 4.69) is 99.0 Å². The van der Waals surface area contributed by atoms with E-state index >= 15 is 0 Å². The van der Waals surface area contributed by atoms with Crippen molar-refractivity contribution in [3.05, 3.63) is 72.9 Å². The SMILES string of the molecule is CC/C=C/C=C/C=C/CCCCCCCC(CC(=O)NC(CO)C(O)CCCCCCCCCCCCCCCCCCC)OC(=O)CCCCCCCC/C=C\C/C=C\C/C=C\CCCCC. The lowest BCUT2D eigenvalue weighted by molar-refractivity contribution is -0.151. The molecule has 0 saturated carbocycles. The molecule has 0 aliphatic rings. The van der Waals surface area contributed by atoms with E-state index < -0.39 is 18.2 Å². The fourth-order valence-corrected chi connectivity index (χ4v) is 8.67. The Morgan fingerprint density at radius 1 is 0.456 bits per heavy atom. The fraction of sp³-hybridized carbons (Fsp3) is 0.774. The maximum Gasteiger partial charge on any atom is 0.306 e. The number of carbonyl (C=O) groups excluding carboxylic acids is 2. The average molecular weight is 951 g/mol. The number of nitrogens with one attached hydrogen (secondary N) is 1. The smallest absolute Gasteiger partial charge is 0.306 e. The van der Waals surface area contributed by atoms with E-state index in [0.717, 1.165) is 103 Å². The summed E-state index contributed by atoms with van der Waals surface area (Å²) >= 11 is 0. The molecule has 0 fully saturated rings. The Bertz CT molecular complexity index is 1250. The molecule has 0 aromatic carbocycles. The van der Waals surface area contributed by atoms with E-state index in [9.17, 15) is 19.8 Å². The summed E-state index contributed by atoms with van der Waals surface area (Å²) in [6, 6.07) is -0.715. The minimum atomic E-state index is -0.800.